The van der Waals surface area contributed by atoms with Crippen LogP contribution in [0.1, 0.15) is 29.7 Å². The molecule has 1 atom stereocenters. The first-order valence-corrected chi connectivity index (χ1v) is 8.36. The molecule has 3 aromatic rings. The third-order valence-electron chi connectivity index (χ3n) is 4.24. The Balaban J connectivity index is 1.47. The lowest BCUT2D eigenvalue weighted by atomic mass is 10.1. The Labute approximate surface area is 145 Å². The average Bonchev–Trinajstić information content (AvgIpc) is 3.28. The van der Waals surface area contributed by atoms with E-state index in [2.05, 4.69) is 35.1 Å². The predicted molar refractivity (Wildman–Crippen MR) is 93.3 cm³/mol. The van der Waals surface area contributed by atoms with Crippen molar-refractivity contribution in [2.24, 2.45) is 0 Å². The molecular formula is C17H20N8. The number of likely N-dealkylation sites (tertiary alicyclic amines) is 1. The molecular weight excluding hydrogens is 316 g/mol. The molecule has 0 radical (unpaired) electrons. The van der Waals surface area contributed by atoms with E-state index in [-0.39, 0.29) is 0 Å². The van der Waals surface area contributed by atoms with Crippen molar-refractivity contribution >= 4 is 11.8 Å². The Hall–Kier alpha value is -2.87. The van der Waals surface area contributed by atoms with Crippen LogP contribution in [0.5, 0.6) is 0 Å². The summed E-state index contributed by atoms with van der Waals surface area (Å²) in [5.41, 5.74) is 0.938. The second-order valence-electron chi connectivity index (χ2n) is 6.21. The highest BCUT2D eigenvalue weighted by Crippen LogP contribution is 2.27. The number of rotatable bonds is 5. The molecule has 1 aliphatic rings. The molecule has 8 heteroatoms. The summed E-state index contributed by atoms with van der Waals surface area (Å²) in [6, 6.07) is 3.70. The fourth-order valence-electron chi connectivity index (χ4n) is 3.10. The summed E-state index contributed by atoms with van der Waals surface area (Å²) in [7, 11) is 0. The van der Waals surface area contributed by atoms with Crippen LogP contribution in [-0.4, -0.2) is 47.9 Å². The van der Waals surface area contributed by atoms with E-state index >= 15 is 0 Å². The Bertz CT molecular complexity index is 818. The predicted octanol–water partition coefficient (Wildman–Crippen LogP) is 2.03. The summed E-state index contributed by atoms with van der Waals surface area (Å²) in [6.07, 6.45) is 8.10. The number of hydrogen-bond acceptors (Lipinski definition) is 7. The van der Waals surface area contributed by atoms with E-state index in [4.69, 9.17) is 4.98 Å². The minimum absolute atomic E-state index is 0.326. The van der Waals surface area contributed by atoms with Gasteiger partial charge in [-0.15, -0.1) is 0 Å². The third-order valence-corrected chi connectivity index (χ3v) is 4.24. The molecule has 4 heterocycles. The van der Waals surface area contributed by atoms with E-state index < -0.39 is 0 Å². The molecule has 0 unspecified atom stereocenters. The second-order valence-corrected chi connectivity index (χ2v) is 6.21. The van der Waals surface area contributed by atoms with E-state index in [1.165, 1.54) is 0 Å². The summed E-state index contributed by atoms with van der Waals surface area (Å²) < 4.78 is 0. The molecule has 0 saturated carbocycles. The van der Waals surface area contributed by atoms with Gasteiger partial charge in [0.2, 0.25) is 5.95 Å². The molecule has 25 heavy (non-hydrogen) atoms. The molecule has 1 aliphatic heterocycles. The monoisotopic (exact) mass is 336 g/mol. The van der Waals surface area contributed by atoms with Crippen LogP contribution < -0.4 is 5.32 Å². The zero-order chi connectivity index (χ0) is 17.1. The van der Waals surface area contributed by atoms with Gasteiger partial charge in [0, 0.05) is 49.0 Å². The van der Waals surface area contributed by atoms with Crippen LogP contribution in [-0.2, 0) is 6.54 Å². The van der Waals surface area contributed by atoms with Crippen LogP contribution in [0, 0.1) is 6.92 Å². The molecule has 8 nitrogen and oxygen atoms in total. The minimum atomic E-state index is 0.326. The number of aryl methyl sites for hydroxylation is 1. The van der Waals surface area contributed by atoms with Crippen molar-refractivity contribution in [3.63, 3.8) is 0 Å². The van der Waals surface area contributed by atoms with Gasteiger partial charge in [-0.25, -0.2) is 24.9 Å². The molecule has 4 rings (SSSR count). The summed E-state index contributed by atoms with van der Waals surface area (Å²) in [4.78, 5) is 27.5. The molecule has 1 saturated heterocycles. The van der Waals surface area contributed by atoms with Crippen LogP contribution in [0.15, 0.2) is 36.9 Å². The molecule has 0 aliphatic carbocycles. The highest BCUT2D eigenvalue weighted by atomic mass is 15.2. The summed E-state index contributed by atoms with van der Waals surface area (Å²) in [5, 5.41) is 3.15. The molecule has 3 aromatic heterocycles. The van der Waals surface area contributed by atoms with Crippen LogP contribution in [0.25, 0.3) is 0 Å². The van der Waals surface area contributed by atoms with E-state index in [0.717, 1.165) is 49.2 Å². The molecule has 0 spiro atoms. The first-order chi connectivity index (χ1) is 12.3. The summed E-state index contributed by atoms with van der Waals surface area (Å²) in [5.74, 6) is 3.47. The van der Waals surface area contributed by atoms with Gasteiger partial charge in [-0.3, -0.25) is 4.90 Å². The van der Waals surface area contributed by atoms with Crippen molar-refractivity contribution < 1.29 is 0 Å². The number of hydrogen-bond donors (Lipinski definition) is 2. The minimum Gasteiger partial charge on any atom is -0.348 e. The van der Waals surface area contributed by atoms with Gasteiger partial charge in [0.25, 0.3) is 0 Å². The molecule has 0 bridgehead atoms. The normalized spacial score (nSPS) is 17.7. The van der Waals surface area contributed by atoms with Crippen LogP contribution in [0.4, 0.5) is 11.8 Å². The van der Waals surface area contributed by atoms with Gasteiger partial charge in [0.15, 0.2) is 0 Å². The molecule has 0 amide bonds. The largest absolute Gasteiger partial charge is 0.348 e. The number of anilines is 2. The first-order valence-electron chi connectivity index (χ1n) is 8.36. The smallest absolute Gasteiger partial charge is 0.228 e. The quantitative estimate of drug-likeness (QED) is 0.736. The highest BCUT2D eigenvalue weighted by Gasteiger charge is 2.27. The van der Waals surface area contributed by atoms with Crippen molar-refractivity contribution in [3.05, 3.63) is 54.3 Å². The van der Waals surface area contributed by atoms with Gasteiger partial charge in [0.05, 0.1) is 6.54 Å². The van der Waals surface area contributed by atoms with E-state index in [1.54, 1.807) is 24.7 Å². The zero-order valence-corrected chi connectivity index (χ0v) is 14.1. The number of aromatic amines is 1. The highest BCUT2D eigenvalue weighted by molar-refractivity contribution is 5.47. The van der Waals surface area contributed by atoms with Crippen LogP contribution >= 0.6 is 0 Å². The number of nitrogens with one attached hydrogen (secondary N) is 2. The number of aromatic nitrogens is 6. The maximum absolute atomic E-state index is 4.69. The van der Waals surface area contributed by atoms with Gasteiger partial charge in [-0.1, -0.05) is 0 Å². The van der Waals surface area contributed by atoms with Gasteiger partial charge >= 0.3 is 0 Å². The van der Waals surface area contributed by atoms with Gasteiger partial charge in [-0.2, -0.15) is 0 Å². The van der Waals surface area contributed by atoms with Crippen molar-refractivity contribution in [1.29, 1.82) is 0 Å². The fraction of sp³-hybridized carbons (Fsp3) is 0.353. The Kier molecular flexibility index (Phi) is 4.34. The maximum Gasteiger partial charge on any atom is 0.228 e. The van der Waals surface area contributed by atoms with E-state index in [9.17, 15) is 0 Å². The summed E-state index contributed by atoms with van der Waals surface area (Å²) in [6.45, 7) is 4.77. The van der Waals surface area contributed by atoms with E-state index in [1.807, 2.05) is 19.2 Å². The second kappa shape index (κ2) is 6.94. The topological polar surface area (TPSA) is 95.5 Å². The first kappa shape index (κ1) is 15.6. The van der Waals surface area contributed by atoms with Crippen molar-refractivity contribution in [3.8, 4) is 0 Å². The van der Waals surface area contributed by atoms with Crippen LogP contribution in [0.3, 0.4) is 0 Å². The standard InChI is InChI=1S/C17H20N8/c1-12-9-14(24-17-20-4-2-5-21-17)23-16(22-12)13-3-8-25(10-13)11-15-18-6-7-19-15/h2,4-7,9,13H,3,8,10-11H2,1H3,(H,18,19)(H,20,21,22,23,24)/t13-/m1/s1. The van der Waals surface area contributed by atoms with E-state index in [0.29, 0.717) is 11.9 Å². The Morgan fingerprint density at radius 3 is 2.88 bits per heavy atom. The zero-order valence-electron chi connectivity index (χ0n) is 14.1. The lowest BCUT2D eigenvalue weighted by Gasteiger charge is -2.15. The number of imidazole rings is 1. The third kappa shape index (κ3) is 3.80. The molecule has 1 fully saturated rings. The van der Waals surface area contributed by atoms with Crippen molar-refractivity contribution in [1.82, 2.24) is 34.8 Å². The SMILES string of the molecule is Cc1cc(Nc2ncccn2)nc([C@@H]2CCN(Cc3ncc[nH]3)C2)n1. The molecule has 128 valence electrons. The Morgan fingerprint density at radius 1 is 1.20 bits per heavy atom. The number of H-pyrrole nitrogens is 1. The van der Waals surface area contributed by atoms with Gasteiger partial charge in [0.1, 0.15) is 17.5 Å². The van der Waals surface area contributed by atoms with Gasteiger partial charge in [-0.05, 0) is 26.0 Å². The Morgan fingerprint density at radius 2 is 2.08 bits per heavy atom. The fourth-order valence-corrected chi connectivity index (χ4v) is 3.10. The van der Waals surface area contributed by atoms with Crippen molar-refractivity contribution in [2.75, 3.05) is 18.4 Å². The maximum atomic E-state index is 4.69. The van der Waals surface area contributed by atoms with Crippen LogP contribution in [0.2, 0.25) is 0 Å². The van der Waals surface area contributed by atoms with Gasteiger partial charge < -0.3 is 10.3 Å². The lowest BCUT2D eigenvalue weighted by Crippen LogP contribution is -2.21. The lowest BCUT2D eigenvalue weighted by molar-refractivity contribution is 0.318. The summed E-state index contributed by atoms with van der Waals surface area (Å²) >= 11 is 0. The molecule has 2 N–H and O–H groups in total. The van der Waals surface area contributed by atoms with Crippen molar-refractivity contribution in [2.45, 2.75) is 25.8 Å². The average molecular weight is 336 g/mol. The number of nitrogens with zero attached hydrogens (tertiary/aromatic N) is 6. The molecule has 0 aromatic carbocycles.